The molecule has 0 saturated heterocycles. The first-order valence-electron chi connectivity index (χ1n) is 9.15. The Morgan fingerprint density at radius 1 is 1.08 bits per heavy atom. The largest absolute Gasteiger partial charge is 0.398 e. The minimum Gasteiger partial charge on any atom is -0.398 e. The summed E-state index contributed by atoms with van der Waals surface area (Å²) in [4.78, 5) is 0. The van der Waals surface area contributed by atoms with E-state index in [2.05, 4.69) is 56.9 Å². The van der Waals surface area contributed by atoms with Crippen LogP contribution >= 0.6 is 0 Å². The van der Waals surface area contributed by atoms with Gasteiger partial charge in [-0.2, -0.15) is 0 Å². The summed E-state index contributed by atoms with van der Waals surface area (Å²) in [5.41, 5.74) is 14.6. The Kier molecular flexibility index (Phi) is 8.44. The van der Waals surface area contributed by atoms with Gasteiger partial charge in [0.2, 0.25) is 0 Å². The molecule has 0 saturated carbocycles. The van der Waals surface area contributed by atoms with Crippen LogP contribution in [-0.2, 0) is 0 Å². The third kappa shape index (κ3) is 5.66. The van der Waals surface area contributed by atoms with Crippen molar-refractivity contribution in [3.05, 3.63) is 83.5 Å². The lowest BCUT2D eigenvalue weighted by molar-refractivity contribution is 1.43. The third-order valence-electron chi connectivity index (χ3n) is 4.13. The SMILES string of the molecule is C=C(Nc1cccc(C)c1)c1ccc(/C(C)=C(C)/C=C\C)cc1N.CC. The Labute approximate surface area is 159 Å². The lowest BCUT2D eigenvalue weighted by Crippen LogP contribution is -2.02. The monoisotopic (exact) mass is 348 g/mol. The van der Waals surface area contributed by atoms with Gasteiger partial charge in [0.05, 0.1) is 0 Å². The third-order valence-corrected chi connectivity index (χ3v) is 4.13. The molecule has 0 atom stereocenters. The van der Waals surface area contributed by atoms with E-state index in [1.54, 1.807) is 0 Å². The summed E-state index contributed by atoms with van der Waals surface area (Å²) in [5.74, 6) is 0. The number of allylic oxidation sites excluding steroid dienone is 4. The number of aryl methyl sites for hydroxylation is 1. The molecule has 138 valence electrons. The summed E-state index contributed by atoms with van der Waals surface area (Å²) >= 11 is 0. The van der Waals surface area contributed by atoms with Crippen LogP contribution in [0, 0.1) is 6.92 Å². The van der Waals surface area contributed by atoms with Gasteiger partial charge in [-0.15, -0.1) is 0 Å². The zero-order valence-corrected chi connectivity index (χ0v) is 17.0. The molecule has 2 heteroatoms. The number of nitrogen functional groups attached to an aromatic ring is 1. The van der Waals surface area contributed by atoms with Crippen LogP contribution in [0.2, 0.25) is 0 Å². The number of nitrogens with one attached hydrogen (secondary N) is 1. The number of nitrogens with two attached hydrogens (primary N) is 1. The highest BCUT2D eigenvalue weighted by atomic mass is 14.9. The van der Waals surface area contributed by atoms with Gasteiger partial charge in [0.25, 0.3) is 0 Å². The molecule has 2 aromatic carbocycles. The van der Waals surface area contributed by atoms with Gasteiger partial charge < -0.3 is 11.1 Å². The van der Waals surface area contributed by atoms with Crippen molar-refractivity contribution in [3.63, 3.8) is 0 Å². The lowest BCUT2D eigenvalue weighted by Gasteiger charge is -2.14. The Morgan fingerprint density at radius 3 is 2.35 bits per heavy atom. The van der Waals surface area contributed by atoms with E-state index in [4.69, 9.17) is 5.73 Å². The molecule has 0 unspecified atom stereocenters. The zero-order valence-electron chi connectivity index (χ0n) is 17.0. The van der Waals surface area contributed by atoms with E-state index < -0.39 is 0 Å². The van der Waals surface area contributed by atoms with E-state index in [9.17, 15) is 0 Å². The molecule has 2 aromatic rings. The van der Waals surface area contributed by atoms with E-state index in [0.29, 0.717) is 0 Å². The number of rotatable bonds is 5. The number of anilines is 2. The van der Waals surface area contributed by atoms with Gasteiger partial charge >= 0.3 is 0 Å². The molecule has 0 heterocycles. The van der Waals surface area contributed by atoms with Crippen LogP contribution in [0.4, 0.5) is 11.4 Å². The van der Waals surface area contributed by atoms with E-state index in [-0.39, 0.29) is 0 Å². The summed E-state index contributed by atoms with van der Waals surface area (Å²) in [7, 11) is 0. The number of benzene rings is 2. The Bertz CT molecular complexity index is 811. The van der Waals surface area contributed by atoms with Crippen molar-refractivity contribution in [1.82, 2.24) is 0 Å². The quantitative estimate of drug-likeness (QED) is 0.448. The normalized spacial score (nSPS) is 11.5. The Hall–Kier alpha value is -2.74. The second-order valence-electron chi connectivity index (χ2n) is 6.08. The van der Waals surface area contributed by atoms with Gasteiger partial charge in [-0.3, -0.25) is 0 Å². The van der Waals surface area contributed by atoms with Crippen LogP contribution in [-0.4, -0.2) is 0 Å². The van der Waals surface area contributed by atoms with Gasteiger partial charge in [-0.05, 0) is 68.2 Å². The predicted molar refractivity (Wildman–Crippen MR) is 119 cm³/mol. The van der Waals surface area contributed by atoms with E-state index >= 15 is 0 Å². The first-order chi connectivity index (χ1) is 12.4. The average molecular weight is 349 g/mol. The first-order valence-corrected chi connectivity index (χ1v) is 9.15. The number of hydrogen-bond donors (Lipinski definition) is 2. The molecule has 0 fully saturated rings. The maximum absolute atomic E-state index is 6.28. The number of hydrogen-bond acceptors (Lipinski definition) is 2. The van der Waals surface area contributed by atoms with Crippen LogP contribution in [0.3, 0.4) is 0 Å². The molecule has 0 aliphatic heterocycles. The van der Waals surface area contributed by atoms with Crippen LogP contribution in [0.25, 0.3) is 11.3 Å². The zero-order chi connectivity index (χ0) is 19.7. The maximum Gasteiger partial charge on any atom is 0.0414 e. The molecule has 0 spiro atoms. The Balaban J connectivity index is 0.00000163. The molecule has 0 radical (unpaired) electrons. The molecule has 0 amide bonds. The second kappa shape index (κ2) is 10.3. The van der Waals surface area contributed by atoms with Gasteiger partial charge in [0.1, 0.15) is 0 Å². The van der Waals surface area contributed by atoms with E-state index in [0.717, 1.165) is 28.2 Å². The van der Waals surface area contributed by atoms with Gasteiger partial charge in [0.15, 0.2) is 0 Å². The van der Waals surface area contributed by atoms with Crippen molar-refractivity contribution in [1.29, 1.82) is 0 Å². The molecule has 0 aromatic heterocycles. The maximum atomic E-state index is 6.28. The Morgan fingerprint density at radius 2 is 1.77 bits per heavy atom. The van der Waals surface area contributed by atoms with Crippen LogP contribution < -0.4 is 11.1 Å². The van der Waals surface area contributed by atoms with Gasteiger partial charge in [-0.25, -0.2) is 0 Å². The fraction of sp³-hybridized carbons (Fsp3) is 0.250. The van der Waals surface area contributed by atoms with Crippen molar-refractivity contribution in [2.24, 2.45) is 0 Å². The molecule has 0 aliphatic carbocycles. The first kappa shape index (κ1) is 21.3. The summed E-state index contributed by atoms with van der Waals surface area (Å²) in [6, 6.07) is 14.3. The van der Waals surface area contributed by atoms with Crippen molar-refractivity contribution in [2.45, 2.75) is 41.5 Å². The summed E-state index contributed by atoms with van der Waals surface area (Å²) in [6.45, 7) is 16.5. The molecule has 3 N–H and O–H groups in total. The molecule has 26 heavy (non-hydrogen) atoms. The van der Waals surface area contributed by atoms with E-state index in [1.165, 1.54) is 16.7 Å². The minimum atomic E-state index is 0.727. The fourth-order valence-electron chi connectivity index (χ4n) is 2.64. The predicted octanol–water partition coefficient (Wildman–Crippen LogP) is 7.06. The smallest absolute Gasteiger partial charge is 0.0414 e. The van der Waals surface area contributed by atoms with Crippen molar-refractivity contribution in [2.75, 3.05) is 11.1 Å². The van der Waals surface area contributed by atoms with Crippen LogP contribution in [0.5, 0.6) is 0 Å². The molecule has 0 aliphatic rings. The van der Waals surface area contributed by atoms with Crippen LogP contribution in [0.15, 0.2) is 66.8 Å². The highest BCUT2D eigenvalue weighted by Gasteiger charge is 2.07. The summed E-state index contributed by atoms with van der Waals surface area (Å²) in [6.07, 6.45) is 4.15. The van der Waals surface area contributed by atoms with Crippen molar-refractivity contribution in [3.8, 4) is 0 Å². The summed E-state index contributed by atoms with van der Waals surface area (Å²) in [5, 5.41) is 3.33. The summed E-state index contributed by atoms with van der Waals surface area (Å²) < 4.78 is 0. The second-order valence-corrected chi connectivity index (χ2v) is 6.08. The van der Waals surface area contributed by atoms with Crippen molar-refractivity contribution >= 4 is 22.6 Å². The molecule has 2 rings (SSSR count). The molecular formula is C24H32N2. The minimum absolute atomic E-state index is 0.727. The lowest BCUT2D eigenvalue weighted by atomic mass is 9.98. The van der Waals surface area contributed by atoms with Gasteiger partial charge in [0, 0.05) is 22.6 Å². The molecule has 2 nitrogen and oxygen atoms in total. The fourth-order valence-corrected chi connectivity index (χ4v) is 2.64. The molecular weight excluding hydrogens is 316 g/mol. The van der Waals surface area contributed by atoms with Crippen LogP contribution in [0.1, 0.15) is 51.3 Å². The van der Waals surface area contributed by atoms with Crippen molar-refractivity contribution < 1.29 is 0 Å². The average Bonchev–Trinajstić information content (AvgIpc) is 2.62. The standard InChI is InChI=1S/C22H26N2.C2H6/c1-6-8-16(3)17(4)19-11-12-21(22(23)14-19)18(5)24-20-10-7-9-15(2)13-20;1-2/h6-14,24H,5,23H2,1-4H3;1-2H3/b8-6-,17-16+;. The van der Waals surface area contributed by atoms with Gasteiger partial charge in [-0.1, -0.05) is 56.8 Å². The topological polar surface area (TPSA) is 38.0 Å². The van der Waals surface area contributed by atoms with E-state index in [1.807, 2.05) is 51.1 Å². The highest BCUT2D eigenvalue weighted by molar-refractivity contribution is 5.83. The highest BCUT2D eigenvalue weighted by Crippen LogP contribution is 2.27. The molecule has 0 bridgehead atoms.